The first-order valence-corrected chi connectivity index (χ1v) is 21.1. The maximum atomic E-state index is 13.3. The molecule has 0 unspecified atom stereocenters. The van der Waals surface area contributed by atoms with Crippen molar-refractivity contribution < 1.29 is 13.2 Å². The zero-order valence-corrected chi connectivity index (χ0v) is 34.8. The highest BCUT2D eigenvalue weighted by Gasteiger charge is 2.14. The quantitative estimate of drug-likeness (QED) is 0.111. The van der Waals surface area contributed by atoms with Gasteiger partial charge in [0, 0.05) is 17.1 Å². The third-order valence-electron chi connectivity index (χ3n) is 11.1. The van der Waals surface area contributed by atoms with Crippen LogP contribution in [0.3, 0.4) is 0 Å². The highest BCUT2D eigenvalue weighted by Crippen LogP contribution is 2.38. The van der Waals surface area contributed by atoms with Crippen LogP contribution in [-0.2, 0) is 0 Å². The molecular weight excluding hydrogens is 792 g/mol. The van der Waals surface area contributed by atoms with E-state index in [1.165, 1.54) is 36.4 Å². The third-order valence-corrected chi connectivity index (χ3v) is 11.1. The van der Waals surface area contributed by atoms with Gasteiger partial charge in [0.1, 0.15) is 17.5 Å². The highest BCUT2D eigenvalue weighted by atomic mass is 19.1. The summed E-state index contributed by atoms with van der Waals surface area (Å²) < 4.78 is 40.0. The summed E-state index contributed by atoms with van der Waals surface area (Å²) in [5.74, 6) is -0.729. The maximum absolute atomic E-state index is 13.3. The minimum Gasteiger partial charge on any atom is -0.311 e. The smallest absolute Gasteiger partial charge is 0.123 e. The molecule has 0 spiro atoms. The molecule has 0 heterocycles. The Hall–Kier alpha value is -8.21. The average molecular weight is 834 g/mol. The number of hydrogen-bond acceptors (Lipinski definition) is 1. The Morgan fingerprint density at radius 1 is 0.203 bits per heavy atom. The Bertz CT molecular complexity index is 2680. The number of halogens is 3. The van der Waals surface area contributed by atoms with Crippen molar-refractivity contribution in [2.75, 3.05) is 4.90 Å². The molecule has 1 nitrogen and oxygen atoms in total. The van der Waals surface area contributed by atoms with E-state index in [0.29, 0.717) is 0 Å². The molecule has 0 aliphatic carbocycles. The van der Waals surface area contributed by atoms with Crippen LogP contribution in [0.2, 0.25) is 0 Å². The molecule has 9 rings (SSSR count). The zero-order chi connectivity index (χ0) is 43.7. The molecule has 0 aliphatic rings. The Kier molecular flexibility index (Phi) is 12.4. The second kappa shape index (κ2) is 19.2. The fourth-order valence-corrected chi connectivity index (χ4v) is 7.52. The summed E-state index contributed by atoms with van der Waals surface area (Å²) in [7, 11) is 0. The van der Waals surface area contributed by atoms with E-state index in [-0.39, 0.29) is 17.5 Å². The Labute approximate surface area is 372 Å². The van der Waals surface area contributed by atoms with E-state index in [9.17, 15) is 13.2 Å². The van der Waals surface area contributed by atoms with Gasteiger partial charge >= 0.3 is 0 Å². The molecule has 0 aliphatic heterocycles. The van der Waals surface area contributed by atoms with Gasteiger partial charge in [0.25, 0.3) is 0 Å². The molecule has 9 aromatic rings. The molecule has 0 radical (unpaired) electrons. The van der Waals surface area contributed by atoms with E-state index in [0.717, 1.165) is 83.8 Å². The molecule has 0 amide bonds. The Morgan fingerprint density at radius 3 is 0.547 bits per heavy atom. The molecule has 0 fully saturated rings. The SMILES string of the molecule is Fc1ccc(C=Cc2ccc(-c3ccc(N(c4ccc(-c5ccc(C=Cc6ccc(F)cc6)cc5)cc4)c4ccc(-c5ccc(C=Cc6ccc(F)cc6)cc5)cc4)cc3)cc2)cc1. The number of benzene rings is 9. The summed E-state index contributed by atoms with van der Waals surface area (Å²) in [6.07, 6.45) is 12.0. The lowest BCUT2D eigenvalue weighted by Gasteiger charge is -2.26. The van der Waals surface area contributed by atoms with E-state index in [1.807, 2.05) is 36.5 Å². The minimum atomic E-state index is -0.243. The summed E-state index contributed by atoms with van der Waals surface area (Å²) in [5.41, 5.74) is 15.7. The molecule has 0 saturated heterocycles. The van der Waals surface area contributed by atoms with Crippen LogP contribution < -0.4 is 4.90 Å². The van der Waals surface area contributed by atoms with Gasteiger partial charge in [-0.05, 0) is 140 Å². The predicted molar refractivity (Wildman–Crippen MR) is 263 cm³/mol. The lowest BCUT2D eigenvalue weighted by molar-refractivity contribution is 0.627. The second-order valence-corrected chi connectivity index (χ2v) is 15.5. The molecule has 64 heavy (non-hydrogen) atoms. The van der Waals surface area contributed by atoms with Gasteiger partial charge < -0.3 is 4.90 Å². The first-order valence-electron chi connectivity index (χ1n) is 21.1. The third kappa shape index (κ3) is 10.3. The largest absolute Gasteiger partial charge is 0.311 e. The van der Waals surface area contributed by atoms with Crippen LogP contribution in [0.25, 0.3) is 69.8 Å². The predicted octanol–water partition coefficient (Wildman–Crippen LogP) is 17.1. The number of anilines is 3. The van der Waals surface area contributed by atoms with Gasteiger partial charge in [-0.3, -0.25) is 0 Å². The van der Waals surface area contributed by atoms with Crippen molar-refractivity contribution >= 4 is 53.5 Å². The van der Waals surface area contributed by atoms with Crippen LogP contribution >= 0.6 is 0 Å². The van der Waals surface area contributed by atoms with Gasteiger partial charge in [-0.1, -0.05) is 182 Å². The van der Waals surface area contributed by atoms with Crippen LogP contribution in [-0.4, -0.2) is 0 Å². The number of hydrogen-bond donors (Lipinski definition) is 0. The van der Waals surface area contributed by atoms with E-state index < -0.39 is 0 Å². The molecule has 0 atom stereocenters. The maximum Gasteiger partial charge on any atom is 0.123 e. The molecule has 308 valence electrons. The van der Waals surface area contributed by atoms with Crippen LogP contribution in [0.15, 0.2) is 218 Å². The van der Waals surface area contributed by atoms with Gasteiger partial charge in [-0.2, -0.15) is 0 Å². The normalized spacial score (nSPS) is 11.5. The van der Waals surface area contributed by atoms with Gasteiger partial charge in [0.15, 0.2) is 0 Å². The van der Waals surface area contributed by atoms with E-state index in [2.05, 4.69) is 150 Å². The van der Waals surface area contributed by atoms with Gasteiger partial charge in [-0.25, -0.2) is 13.2 Å². The summed E-state index contributed by atoms with van der Waals surface area (Å²) in [6, 6.07) is 70.6. The highest BCUT2D eigenvalue weighted by molar-refractivity contribution is 5.82. The van der Waals surface area contributed by atoms with Crippen molar-refractivity contribution in [2.24, 2.45) is 0 Å². The van der Waals surface area contributed by atoms with Crippen LogP contribution in [0.5, 0.6) is 0 Å². The first kappa shape index (κ1) is 41.2. The van der Waals surface area contributed by atoms with Gasteiger partial charge in [-0.15, -0.1) is 0 Å². The van der Waals surface area contributed by atoms with Crippen LogP contribution in [0, 0.1) is 17.5 Å². The molecule has 0 saturated carbocycles. The summed E-state index contributed by atoms with van der Waals surface area (Å²) >= 11 is 0. The van der Waals surface area contributed by atoms with Crippen molar-refractivity contribution in [1.29, 1.82) is 0 Å². The Balaban J connectivity index is 0.958. The average Bonchev–Trinajstić information content (AvgIpc) is 3.35. The fourth-order valence-electron chi connectivity index (χ4n) is 7.52. The lowest BCUT2D eigenvalue weighted by Crippen LogP contribution is -2.09. The molecule has 0 aromatic heterocycles. The summed E-state index contributed by atoms with van der Waals surface area (Å²) in [4.78, 5) is 2.27. The lowest BCUT2D eigenvalue weighted by atomic mass is 10.0. The molecular formula is C60H42F3N. The molecule has 4 heteroatoms. The van der Waals surface area contributed by atoms with Crippen molar-refractivity contribution in [3.63, 3.8) is 0 Å². The van der Waals surface area contributed by atoms with Crippen molar-refractivity contribution in [3.8, 4) is 33.4 Å². The van der Waals surface area contributed by atoms with Crippen LogP contribution in [0.1, 0.15) is 33.4 Å². The minimum absolute atomic E-state index is 0.243. The molecule has 0 bridgehead atoms. The fraction of sp³-hybridized carbons (Fsp3) is 0. The summed E-state index contributed by atoms with van der Waals surface area (Å²) in [6.45, 7) is 0. The second-order valence-electron chi connectivity index (χ2n) is 15.5. The van der Waals surface area contributed by atoms with Gasteiger partial charge in [0.05, 0.1) is 0 Å². The monoisotopic (exact) mass is 833 g/mol. The van der Waals surface area contributed by atoms with Crippen molar-refractivity contribution in [1.82, 2.24) is 0 Å². The van der Waals surface area contributed by atoms with Crippen LogP contribution in [0.4, 0.5) is 30.2 Å². The zero-order valence-electron chi connectivity index (χ0n) is 34.8. The van der Waals surface area contributed by atoms with Crippen molar-refractivity contribution in [3.05, 3.63) is 269 Å². The Morgan fingerprint density at radius 2 is 0.359 bits per heavy atom. The molecule has 0 N–H and O–H groups in total. The standard InChI is InChI=1S/C60H42F3N/c61-55-31-13-46(14-32-55)4-1-43-7-19-49(20-8-43)52-25-37-58(38-26-52)64(59-39-27-53(28-40-59)50-21-9-44(10-22-50)2-5-47-15-33-56(62)34-16-47)60-41-29-54(30-42-60)51-23-11-45(12-24-51)3-6-48-17-35-57(63)36-18-48/h1-42H. The van der Waals surface area contributed by atoms with E-state index >= 15 is 0 Å². The first-order chi connectivity index (χ1) is 31.4. The van der Waals surface area contributed by atoms with E-state index in [4.69, 9.17) is 0 Å². The molecule has 9 aromatic carbocycles. The number of nitrogens with zero attached hydrogens (tertiary/aromatic N) is 1. The van der Waals surface area contributed by atoms with E-state index in [1.54, 1.807) is 36.4 Å². The number of rotatable bonds is 12. The van der Waals surface area contributed by atoms with Crippen molar-refractivity contribution in [2.45, 2.75) is 0 Å². The van der Waals surface area contributed by atoms with Gasteiger partial charge in [0.2, 0.25) is 0 Å². The topological polar surface area (TPSA) is 3.24 Å². The summed E-state index contributed by atoms with van der Waals surface area (Å²) in [5, 5.41) is 0.